The Kier molecular flexibility index (Phi) is 2.78. The van der Waals surface area contributed by atoms with Crippen LogP contribution in [0, 0.1) is 5.92 Å². The van der Waals surface area contributed by atoms with Gasteiger partial charge in [-0.3, -0.25) is 0 Å². The Labute approximate surface area is 57.1 Å². The van der Waals surface area contributed by atoms with Crippen LogP contribution in [0.4, 0.5) is 0 Å². The van der Waals surface area contributed by atoms with Gasteiger partial charge in [-0.15, -0.1) is 6.58 Å². The number of rotatable bonds is 3. The van der Waals surface area contributed by atoms with Gasteiger partial charge in [-0.25, -0.2) is 0 Å². The number of allylic oxidation sites excluding steroid dienone is 1. The van der Waals surface area contributed by atoms with Gasteiger partial charge in [0.1, 0.15) is 0 Å². The minimum atomic E-state index is 0.933. The monoisotopic (exact) mass is 125 g/mol. The first-order chi connectivity index (χ1) is 4.43. The van der Waals surface area contributed by atoms with Crippen molar-refractivity contribution >= 4 is 0 Å². The van der Waals surface area contributed by atoms with Crippen LogP contribution >= 0.6 is 0 Å². The molecule has 1 aliphatic rings. The summed E-state index contributed by atoms with van der Waals surface area (Å²) in [5, 5.41) is 3.35. The van der Waals surface area contributed by atoms with Crippen molar-refractivity contribution in [3.8, 4) is 0 Å². The molecular formula is C8H15N. The van der Waals surface area contributed by atoms with Gasteiger partial charge in [-0.1, -0.05) is 6.08 Å². The van der Waals surface area contributed by atoms with Gasteiger partial charge in [0.15, 0.2) is 0 Å². The molecule has 52 valence electrons. The standard InChI is InChI=1S/C8H15N/c1-2-3-4-8-5-6-9-7-8/h2,8-9H,1,3-7H2. The van der Waals surface area contributed by atoms with Gasteiger partial charge in [0.2, 0.25) is 0 Å². The summed E-state index contributed by atoms with van der Waals surface area (Å²) < 4.78 is 0. The Morgan fingerprint density at radius 2 is 2.56 bits per heavy atom. The maximum absolute atomic E-state index is 3.70. The van der Waals surface area contributed by atoms with Crippen molar-refractivity contribution in [1.82, 2.24) is 5.32 Å². The van der Waals surface area contributed by atoms with E-state index in [4.69, 9.17) is 0 Å². The maximum atomic E-state index is 3.70. The molecule has 0 aromatic heterocycles. The number of hydrogen-bond acceptors (Lipinski definition) is 1. The fourth-order valence-electron chi connectivity index (χ4n) is 1.31. The van der Waals surface area contributed by atoms with Crippen LogP contribution in [0.1, 0.15) is 19.3 Å². The normalized spacial score (nSPS) is 26.4. The number of nitrogens with one attached hydrogen (secondary N) is 1. The zero-order chi connectivity index (χ0) is 6.53. The van der Waals surface area contributed by atoms with Crippen molar-refractivity contribution in [3.63, 3.8) is 0 Å². The Bertz CT molecular complexity index is 82.6. The highest BCUT2D eigenvalue weighted by atomic mass is 14.9. The lowest BCUT2D eigenvalue weighted by atomic mass is 10.0. The first-order valence-corrected chi connectivity index (χ1v) is 3.75. The fourth-order valence-corrected chi connectivity index (χ4v) is 1.31. The zero-order valence-corrected chi connectivity index (χ0v) is 5.90. The molecule has 1 aliphatic heterocycles. The Hall–Kier alpha value is -0.300. The smallest absolute Gasteiger partial charge is 0.00199 e. The molecule has 1 unspecified atom stereocenters. The highest BCUT2D eigenvalue weighted by Crippen LogP contribution is 2.13. The molecule has 9 heavy (non-hydrogen) atoms. The third-order valence-electron chi connectivity index (χ3n) is 1.94. The van der Waals surface area contributed by atoms with Gasteiger partial charge in [0.05, 0.1) is 0 Å². The van der Waals surface area contributed by atoms with Crippen LogP contribution in [0.15, 0.2) is 12.7 Å². The molecule has 0 aromatic carbocycles. The molecule has 1 fully saturated rings. The van der Waals surface area contributed by atoms with E-state index in [0.29, 0.717) is 0 Å². The second-order valence-corrected chi connectivity index (χ2v) is 2.72. The molecule has 0 spiro atoms. The summed E-state index contributed by atoms with van der Waals surface area (Å²) in [6.45, 7) is 6.16. The van der Waals surface area contributed by atoms with Crippen LogP contribution in [0.3, 0.4) is 0 Å². The van der Waals surface area contributed by atoms with E-state index >= 15 is 0 Å². The van der Waals surface area contributed by atoms with Crippen LogP contribution in [0.25, 0.3) is 0 Å². The van der Waals surface area contributed by atoms with Crippen molar-refractivity contribution in [1.29, 1.82) is 0 Å². The predicted octanol–water partition coefficient (Wildman–Crippen LogP) is 1.56. The first-order valence-electron chi connectivity index (χ1n) is 3.75. The lowest BCUT2D eigenvalue weighted by Gasteiger charge is -2.03. The van der Waals surface area contributed by atoms with Crippen LogP contribution < -0.4 is 5.32 Å². The third-order valence-corrected chi connectivity index (χ3v) is 1.94. The van der Waals surface area contributed by atoms with Gasteiger partial charge in [0, 0.05) is 0 Å². The summed E-state index contributed by atoms with van der Waals surface area (Å²) >= 11 is 0. The van der Waals surface area contributed by atoms with E-state index in [2.05, 4.69) is 11.9 Å². The minimum Gasteiger partial charge on any atom is -0.316 e. The SMILES string of the molecule is C=CCCC1CCNC1. The van der Waals surface area contributed by atoms with Gasteiger partial charge >= 0.3 is 0 Å². The highest BCUT2D eigenvalue weighted by Gasteiger charge is 2.12. The van der Waals surface area contributed by atoms with Gasteiger partial charge in [-0.05, 0) is 38.3 Å². The summed E-state index contributed by atoms with van der Waals surface area (Å²) in [5.41, 5.74) is 0. The topological polar surface area (TPSA) is 12.0 Å². The fraction of sp³-hybridized carbons (Fsp3) is 0.750. The van der Waals surface area contributed by atoms with Crippen LogP contribution in [-0.2, 0) is 0 Å². The van der Waals surface area contributed by atoms with E-state index in [-0.39, 0.29) is 0 Å². The van der Waals surface area contributed by atoms with E-state index in [1.807, 2.05) is 6.08 Å². The molecular weight excluding hydrogens is 110 g/mol. The summed E-state index contributed by atoms with van der Waals surface area (Å²) in [7, 11) is 0. The van der Waals surface area contributed by atoms with E-state index in [1.165, 1.54) is 32.4 Å². The van der Waals surface area contributed by atoms with Crippen LogP contribution in [0.5, 0.6) is 0 Å². The number of hydrogen-bond donors (Lipinski definition) is 1. The Morgan fingerprint density at radius 3 is 3.11 bits per heavy atom. The Morgan fingerprint density at radius 1 is 1.67 bits per heavy atom. The molecule has 0 radical (unpaired) electrons. The molecule has 1 nitrogen and oxygen atoms in total. The lowest BCUT2D eigenvalue weighted by Crippen LogP contribution is -2.08. The molecule has 1 rings (SSSR count). The third kappa shape index (κ3) is 2.19. The van der Waals surface area contributed by atoms with E-state index < -0.39 is 0 Å². The van der Waals surface area contributed by atoms with Crippen LogP contribution in [-0.4, -0.2) is 13.1 Å². The predicted molar refractivity (Wildman–Crippen MR) is 40.4 cm³/mol. The largest absolute Gasteiger partial charge is 0.316 e. The summed E-state index contributed by atoms with van der Waals surface area (Å²) in [6.07, 6.45) is 5.90. The molecule has 0 saturated carbocycles. The van der Waals surface area contributed by atoms with Gasteiger partial charge in [-0.2, -0.15) is 0 Å². The molecule has 1 N–H and O–H groups in total. The first kappa shape index (κ1) is 6.81. The molecule has 0 amide bonds. The average molecular weight is 125 g/mol. The zero-order valence-electron chi connectivity index (χ0n) is 5.90. The molecule has 1 atom stereocenters. The highest BCUT2D eigenvalue weighted by molar-refractivity contribution is 4.75. The van der Waals surface area contributed by atoms with Crippen molar-refractivity contribution < 1.29 is 0 Å². The summed E-state index contributed by atoms with van der Waals surface area (Å²) in [6, 6.07) is 0. The van der Waals surface area contributed by atoms with Crippen molar-refractivity contribution in [2.45, 2.75) is 19.3 Å². The molecule has 1 heterocycles. The summed E-state index contributed by atoms with van der Waals surface area (Å²) in [4.78, 5) is 0. The molecule has 1 saturated heterocycles. The van der Waals surface area contributed by atoms with Gasteiger partial charge in [0.25, 0.3) is 0 Å². The molecule has 1 heteroatoms. The van der Waals surface area contributed by atoms with E-state index in [9.17, 15) is 0 Å². The summed E-state index contributed by atoms with van der Waals surface area (Å²) in [5.74, 6) is 0.933. The second kappa shape index (κ2) is 3.67. The maximum Gasteiger partial charge on any atom is -0.00199 e. The quantitative estimate of drug-likeness (QED) is 0.564. The Balaban J connectivity index is 2.04. The molecule has 0 aromatic rings. The lowest BCUT2D eigenvalue weighted by molar-refractivity contribution is 0.539. The van der Waals surface area contributed by atoms with Crippen molar-refractivity contribution in [3.05, 3.63) is 12.7 Å². The molecule has 0 bridgehead atoms. The average Bonchev–Trinajstić information content (AvgIpc) is 2.34. The van der Waals surface area contributed by atoms with E-state index in [0.717, 1.165) is 5.92 Å². The van der Waals surface area contributed by atoms with Crippen molar-refractivity contribution in [2.24, 2.45) is 5.92 Å². The minimum absolute atomic E-state index is 0.933. The molecule has 0 aliphatic carbocycles. The second-order valence-electron chi connectivity index (χ2n) is 2.72. The van der Waals surface area contributed by atoms with Crippen LogP contribution in [0.2, 0.25) is 0 Å². The van der Waals surface area contributed by atoms with Crippen molar-refractivity contribution in [2.75, 3.05) is 13.1 Å². The van der Waals surface area contributed by atoms with Gasteiger partial charge < -0.3 is 5.32 Å². The van der Waals surface area contributed by atoms with E-state index in [1.54, 1.807) is 0 Å².